The van der Waals surface area contributed by atoms with Crippen molar-refractivity contribution in [3.8, 4) is 0 Å². The molecule has 2 aliphatic rings. The molecule has 0 bridgehead atoms. The van der Waals surface area contributed by atoms with Gasteiger partial charge in [0, 0.05) is 18.2 Å². The molecule has 1 aromatic heterocycles. The maximum Gasteiger partial charge on any atom is 0.481 e. The van der Waals surface area contributed by atoms with Gasteiger partial charge in [0.15, 0.2) is 0 Å². The predicted octanol–water partition coefficient (Wildman–Crippen LogP) is -3.41. The first-order valence-corrected chi connectivity index (χ1v) is 13.8. The van der Waals surface area contributed by atoms with E-state index in [0.717, 1.165) is 4.57 Å². The van der Waals surface area contributed by atoms with Crippen LogP contribution in [0.1, 0.15) is 18.2 Å². The van der Waals surface area contributed by atoms with Gasteiger partial charge < -0.3 is 44.8 Å². The molecule has 2 fully saturated rings. The van der Waals surface area contributed by atoms with Gasteiger partial charge in [0.25, 0.3) is 5.56 Å². The molecule has 18 nitrogen and oxygen atoms in total. The third-order valence-corrected chi connectivity index (χ3v) is 8.26. The lowest BCUT2D eigenvalue weighted by atomic mass is 9.95. The summed E-state index contributed by atoms with van der Waals surface area (Å²) in [6.45, 7) is -1.11. The molecule has 0 spiro atoms. The smallest absolute Gasteiger partial charge is 0.394 e. The van der Waals surface area contributed by atoms with Crippen LogP contribution in [0.2, 0.25) is 0 Å². The third-order valence-electron chi connectivity index (χ3n) is 5.66. The Bertz CT molecular complexity index is 1150. The number of ether oxygens (including phenoxy) is 2. The Morgan fingerprint density at radius 2 is 1.54 bits per heavy atom. The number of aliphatic hydroxyl groups excluding tert-OH is 5. The number of phosphoric ester groups is 2. The highest BCUT2D eigenvalue weighted by Gasteiger charge is 2.45. The standard InChI is InChI=1S/C17H28N2O16P2/c1-7-3-19(17(26)18-16(7)25)12-2-8(21)10(34-12)5-31-36(27,28)35-37(29,30)32-6-11-14(23)15(24)13(22)9(4-20)33-11/h3,8-15,20-24H,2,4-6H2,1H3,(H,27,28)(H,29,30)(H,18,25,26)/t8-,9+,10+,11+,12+,13+,14-,15-/m0/s1. The van der Waals surface area contributed by atoms with Crippen molar-refractivity contribution >= 4 is 15.6 Å². The molecule has 10 atom stereocenters. The van der Waals surface area contributed by atoms with E-state index in [1.54, 1.807) is 0 Å². The largest absolute Gasteiger partial charge is 0.481 e. The van der Waals surface area contributed by atoms with Crippen molar-refractivity contribution < 1.29 is 67.3 Å². The van der Waals surface area contributed by atoms with Crippen LogP contribution in [0.5, 0.6) is 0 Å². The summed E-state index contributed by atoms with van der Waals surface area (Å²) >= 11 is 0. The fourth-order valence-corrected chi connectivity index (χ4v) is 5.76. The van der Waals surface area contributed by atoms with Crippen molar-refractivity contribution in [1.82, 2.24) is 9.55 Å². The second-order valence-electron chi connectivity index (χ2n) is 8.39. The van der Waals surface area contributed by atoms with E-state index in [-0.39, 0.29) is 12.0 Å². The summed E-state index contributed by atoms with van der Waals surface area (Å²) in [5.74, 6) is 0. The quantitative estimate of drug-likeness (QED) is 0.126. The number of hydrogen-bond acceptors (Lipinski definition) is 14. The van der Waals surface area contributed by atoms with Crippen molar-refractivity contribution in [2.75, 3.05) is 19.8 Å². The number of H-pyrrole nitrogens is 1. The van der Waals surface area contributed by atoms with Crippen LogP contribution in [0, 0.1) is 6.92 Å². The van der Waals surface area contributed by atoms with E-state index in [9.17, 15) is 48.9 Å². The van der Waals surface area contributed by atoms with Gasteiger partial charge in [0.1, 0.15) is 42.9 Å². The number of aryl methyl sites for hydroxylation is 1. The highest BCUT2D eigenvalue weighted by molar-refractivity contribution is 7.61. The van der Waals surface area contributed by atoms with Crippen molar-refractivity contribution in [1.29, 1.82) is 0 Å². The van der Waals surface area contributed by atoms with Crippen LogP contribution in [0.15, 0.2) is 15.8 Å². The number of hydrogen-bond donors (Lipinski definition) is 8. The number of nitrogens with zero attached hydrogens (tertiary/aromatic N) is 1. The highest BCUT2D eigenvalue weighted by Crippen LogP contribution is 2.60. The van der Waals surface area contributed by atoms with Gasteiger partial charge in [0.2, 0.25) is 0 Å². The number of aromatic amines is 1. The van der Waals surface area contributed by atoms with E-state index in [0.29, 0.717) is 0 Å². The first kappa shape index (κ1) is 30.2. The molecule has 20 heteroatoms. The summed E-state index contributed by atoms with van der Waals surface area (Å²) in [6, 6.07) is 0. The van der Waals surface area contributed by atoms with Gasteiger partial charge in [-0.15, -0.1) is 0 Å². The van der Waals surface area contributed by atoms with Gasteiger partial charge >= 0.3 is 21.3 Å². The highest BCUT2D eigenvalue weighted by atomic mass is 31.3. The molecular weight excluding hydrogens is 550 g/mol. The average molecular weight is 578 g/mol. The fourth-order valence-electron chi connectivity index (χ4n) is 3.67. The van der Waals surface area contributed by atoms with E-state index in [4.69, 9.17) is 14.6 Å². The van der Waals surface area contributed by atoms with Crippen molar-refractivity contribution in [2.45, 2.75) is 62.3 Å². The molecule has 212 valence electrons. The maximum absolute atomic E-state index is 12.2. The van der Waals surface area contributed by atoms with E-state index >= 15 is 0 Å². The van der Waals surface area contributed by atoms with Gasteiger partial charge in [-0.2, -0.15) is 4.31 Å². The maximum atomic E-state index is 12.2. The summed E-state index contributed by atoms with van der Waals surface area (Å²) in [6.07, 6.45) is -10.7. The normalized spacial score (nSPS) is 35.7. The molecule has 3 rings (SSSR count). The number of aromatic nitrogens is 2. The van der Waals surface area contributed by atoms with Crippen molar-refractivity contribution in [2.24, 2.45) is 0 Å². The van der Waals surface area contributed by atoms with E-state index in [1.807, 2.05) is 0 Å². The van der Waals surface area contributed by atoms with Gasteiger partial charge in [-0.25, -0.2) is 13.9 Å². The summed E-state index contributed by atoms with van der Waals surface area (Å²) in [4.78, 5) is 45.2. The Morgan fingerprint density at radius 1 is 0.973 bits per heavy atom. The number of rotatable bonds is 10. The molecule has 2 aliphatic heterocycles. The molecule has 1 aromatic rings. The zero-order valence-corrected chi connectivity index (χ0v) is 21.0. The van der Waals surface area contributed by atoms with E-state index in [2.05, 4.69) is 18.3 Å². The first-order chi connectivity index (χ1) is 17.1. The molecule has 0 amide bonds. The minimum absolute atomic E-state index is 0.156. The second kappa shape index (κ2) is 11.8. The number of aliphatic hydroxyl groups is 5. The Labute approximate surface area is 207 Å². The molecular formula is C17H28N2O16P2. The van der Waals surface area contributed by atoms with E-state index in [1.165, 1.54) is 13.1 Å². The van der Waals surface area contributed by atoms with Crippen molar-refractivity contribution in [3.63, 3.8) is 0 Å². The van der Waals surface area contributed by atoms with Crippen LogP contribution in [-0.2, 0) is 32.0 Å². The summed E-state index contributed by atoms with van der Waals surface area (Å²) in [7, 11) is -10.7. The number of phosphoric acid groups is 2. The lowest BCUT2D eigenvalue weighted by Crippen LogP contribution is -2.59. The van der Waals surface area contributed by atoms with Crippen LogP contribution < -0.4 is 11.2 Å². The molecule has 0 aliphatic carbocycles. The Kier molecular flexibility index (Phi) is 9.64. The zero-order valence-electron chi connectivity index (χ0n) is 19.2. The fraction of sp³-hybridized carbons (Fsp3) is 0.765. The molecule has 0 saturated carbocycles. The first-order valence-electron chi connectivity index (χ1n) is 10.8. The van der Waals surface area contributed by atoms with Crippen LogP contribution in [-0.4, -0.2) is 107 Å². The number of nitrogens with one attached hydrogen (secondary N) is 1. The van der Waals surface area contributed by atoms with Crippen LogP contribution in [0.4, 0.5) is 0 Å². The molecule has 2 unspecified atom stereocenters. The summed E-state index contributed by atoms with van der Waals surface area (Å²) in [5, 5.41) is 48.7. The predicted molar refractivity (Wildman–Crippen MR) is 117 cm³/mol. The lowest BCUT2D eigenvalue weighted by Gasteiger charge is -2.39. The Morgan fingerprint density at radius 3 is 2.14 bits per heavy atom. The average Bonchev–Trinajstić information content (AvgIpc) is 3.17. The van der Waals surface area contributed by atoms with Crippen molar-refractivity contribution in [3.05, 3.63) is 32.6 Å². The topological polar surface area (TPSA) is 277 Å². The minimum Gasteiger partial charge on any atom is -0.394 e. The second-order valence-corrected chi connectivity index (χ2v) is 11.4. The van der Waals surface area contributed by atoms with Crippen LogP contribution >= 0.6 is 15.6 Å². The molecule has 2 saturated heterocycles. The molecule has 37 heavy (non-hydrogen) atoms. The van der Waals surface area contributed by atoms with Gasteiger partial charge in [-0.05, 0) is 6.92 Å². The SMILES string of the molecule is Cc1cn([C@H]2C[C@H](O)[C@@H](COP(=O)(O)OP(=O)(O)OC[C@H]3O[C@H](CO)[C@@H](O)[C@H](O)[C@H]3O)O2)c(=O)[nH]c1=O. The van der Waals surface area contributed by atoms with Crippen LogP contribution in [0.25, 0.3) is 0 Å². The third kappa shape index (κ3) is 7.40. The van der Waals surface area contributed by atoms with E-state index < -0.39 is 95.7 Å². The molecule has 0 radical (unpaired) electrons. The Balaban J connectivity index is 1.54. The summed E-state index contributed by atoms with van der Waals surface area (Å²) < 4.78 is 49.1. The minimum atomic E-state index is -5.34. The van der Waals surface area contributed by atoms with Gasteiger partial charge in [-0.1, -0.05) is 0 Å². The van der Waals surface area contributed by atoms with Gasteiger partial charge in [-0.3, -0.25) is 23.4 Å². The van der Waals surface area contributed by atoms with Crippen LogP contribution in [0.3, 0.4) is 0 Å². The van der Waals surface area contributed by atoms with Gasteiger partial charge in [0.05, 0.1) is 25.9 Å². The Hall–Kier alpha value is -1.34. The molecule has 3 heterocycles. The lowest BCUT2D eigenvalue weighted by molar-refractivity contribution is -0.234. The monoisotopic (exact) mass is 578 g/mol. The zero-order chi connectivity index (χ0) is 27.7. The summed E-state index contributed by atoms with van der Waals surface area (Å²) in [5.41, 5.74) is -1.24. The molecule has 0 aromatic carbocycles. The molecule has 8 N–H and O–H groups in total.